The van der Waals surface area contributed by atoms with Gasteiger partial charge in [-0.1, -0.05) is 0 Å². The molecule has 2 aliphatic heterocycles. The first-order valence-electron chi connectivity index (χ1n) is 4.59. The fourth-order valence-corrected chi connectivity index (χ4v) is 3.46. The number of hydrogen-bond acceptors (Lipinski definition) is 3. The molecule has 2 heterocycles. The van der Waals surface area contributed by atoms with Crippen LogP contribution in [-0.4, -0.2) is 44.3 Å². The predicted octanol–water partition coefficient (Wildman–Crippen LogP) is 0.0151. The molecule has 1 radical (unpaired) electrons. The molecule has 0 aromatic heterocycles. The molecule has 2 fully saturated rings. The third-order valence-corrected chi connectivity index (χ3v) is 4.95. The molecule has 75 valence electrons. The molecule has 0 saturated carbocycles. The normalized spacial score (nSPS) is 27.1. The molecule has 4 nitrogen and oxygen atoms in total. The van der Waals surface area contributed by atoms with Gasteiger partial charge in [0.2, 0.25) is 10.0 Å². The summed E-state index contributed by atoms with van der Waals surface area (Å²) in [5.41, 5.74) is 0. The van der Waals surface area contributed by atoms with Crippen molar-refractivity contribution in [3.8, 4) is 0 Å². The molecule has 0 unspecified atom stereocenters. The number of ether oxygens (including phenoxy) is 1. The van der Waals surface area contributed by atoms with E-state index in [0.717, 1.165) is 0 Å². The Bertz CT molecular complexity index is 265. The summed E-state index contributed by atoms with van der Waals surface area (Å²) in [6.07, 6.45) is 3.27. The fraction of sp³-hybridized carbons (Fsp3) is 0.875. The van der Waals surface area contributed by atoms with E-state index in [9.17, 15) is 8.42 Å². The van der Waals surface area contributed by atoms with Crippen molar-refractivity contribution in [3.63, 3.8) is 0 Å². The van der Waals surface area contributed by atoms with Crippen molar-refractivity contribution in [3.05, 3.63) is 6.42 Å². The molecule has 0 N–H and O–H groups in total. The Kier molecular flexibility index (Phi) is 2.58. The van der Waals surface area contributed by atoms with E-state index in [1.54, 1.807) is 4.31 Å². The first-order chi connectivity index (χ1) is 6.21. The van der Waals surface area contributed by atoms with Crippen molar-refractivity contribution in [2.24, 2.45) is 0 Å². The van der Waals surface area contributed by atoms with E-state index in [1.807, 2.05) is 6.42 Å². The Morgan fingerprint density at radius 2 is 1.85 bits per heavy atom. The lowest BCUT2D eigenvalue weighted by atomic mass is 10.2. The minimum atomic E-state index is -3.00. The van der Waals surface area contributed by atoms with Crippen molar-refractivity contribution in [1.29, 1.82) is 0 Å². The van der Waals surface area contributed by atoms with Gasteiger partial charge in [0, 0.05) is 26.3 Å². The Hall–Kier alpha value is -0.130. The molecule has 0 spiro atoms. The highest BCUT2D eigenvalue weighted by Gasteiger charge is 2.35. The van der Waals surface area contributed by atoms with Crippen LogP contribution in [0.2, 0.25) is 0 Å². The predicted molar refractivity (Wildman–Crippen MR) is 48.6 cm³/mol. The monoisotopic (exact) mass is 204 g/mol. The van der Waals surface area contributed by atoms with Crippen molar-refractivity contribution in [2.75, 3.05) is 26.3 Å². The van der Waals surface area contributed by atoms with Crippen LogP contribution in [0.25, 0.3) is 0 Å². The Morgan fingerprint density at radius 3 is 2.31 bits per heavy atom. The van der Waals surface area contributed by atoms with Crippen LogP contribution < -0.4 is 0 Å². The Balaban J connectivity index is 2.03. The molecule has 0 amide bonds. The van der Waals surface area contributed by atoms with Gasteiger partial charge < -0.3 is 4.74 Å². The highest BCUT2D eigenvalue weighted by molar-refractivity contribution is 7.89. The van der Waals surface area contributed by atoms with E-state index in [4.69, 9.17) is 4.74 Å². The van der Waals surface area contributed by atoms with Crippen LogP contribution in [0, 0.1) is 6.42 Å². The average Bonchev–Trinajstić information content (AvgIpc) is 2.02. The fourth-order valence-electron chi connectivity index (χ4n) is 1.63. The SMILES string of the molecule is O=S(=O)(C1CCOCC1)N1C[CH]C1. The van der Waals surface area contributed by atoms with Gasteiger partial charge in [-0.3, -0.25) is 0 Å². The zero-order valence-corrected chi connectivity index (χ0v) is 8.29. The van der Waals surface area contributed by atoms with E-state index in [0.29, 0.717) is 39.1 Å². The molecule has 0 aromatic carbocycles. The standard InChI is InChI=1S/C8H14NO3S/c10-13(11,9-4-1-5-9)8-2-6-12-7-3-8/h1,8H,2-7H2. The lowest BCUT2D eigenvalue weighted by molar-refractivity contribution is 0.0970. The number of sulfonamides is 1. The molecule has 0 bridgehead atoms. The third kappa shape index (κ3) is 1.73. The van der Waals surface area contributed by atoms with Crippen LogP contribution >= 0.6 is 0 Å². The molecular weight excluding hydrogens is 190 g/mol. The van der Waals surface area contributed by atoms with Gasteiger partial charge in [-0.25, -0.2) is 12.7 Å². The van der Waals surface area contributed by atoms with Crippen LogP contribution in [0.1, 0.15) is 12.8 Å². The molecule has 5 heteroatoms. The average molecular weight is 204 g/mol. The van der Waals surface area contributed by atoms with Crippen molar-refractivity contribution < 1.29 is 13.2 Å². The second-order valence-corrected chi connectivity index (χ2v) is 5.68. The van der Waals surface area contributed by atoms with Crippen LogP contribution in [0.5, 0.6) is 0 Å². The van der Waals surface area contributed by atoms with Crippen molar-refractivity contribution in [1.82, 2.24) is 4.31 Å². The second-order valence-electron chi connectivity index (χ2n) is 3.46. The smallest absolute Gasteiger partial charge is 0.217 e. The van der Waals surface area contributed by atoms with E-state index < -0.39 is 10.0 Å². The zero-order valence-electron chi connectivity index (χ0n) is 7.48. The van der Waals surface area contributed by atoms with Crippen LogP contribution in [0.4, 0.5) is 0 Å². The molecule has 2 aliphatic rings. The molecule has 0 aromatic rings. The van der Waals surface area contributed by atoms with Crippen molar-refractivity contribution >= 4 is 10.0 Å². The van der Waals surface area contributed by atoms with Gasteiger partial charge >= 0.3 is 0 Å². The highest BCUT2D eigenvalue weighted by atomic mass is 32.2. The molecule has 2 saturated heterocycles. The largest absolute Gasteiger partial charge is 0.381 e. The third-order valence-electron chi connectivity index (χ3n) is 2.61. The quantitative estimate of drug-likeness (QED) is 0.637. The first kappa shape index (κ1) is 9.43. The van der Waals surface area contributed by atoms with Crippen molar-refractivity contribution in [2.45, 2.75) is 18.1 Å². The van der Waals surface area contributed by atoms with Gasteiger partial charge in [0.15, 0.2) is 0 Å². The number of nitrogens with zero attached hydrogens (tertiary/aromatic N) is 1. The van der Waals surface area contributed by atoms with Crippen LogP contribution in [0.15, 0.2) is 0 Å². The molecule has 13 heavy (non-hydrogen) atoms. The first-order valence-corrected chi connectivity index (χ1v) is 6.10. The van der Waals surface area contributed by atoms with Gasteiger partial charge in [0.1, 0.15) is 0 Å². The lowest BCUT2D eigenvalue weighted by Crippen LogP contribution is -2.48. The van der Waals surface area contributed by atoms with Gasteiger partial charge in [-0.15, -0.1) is 0 Å². The van der Waals surface area contributed by atoms with Crippen LogP contribution in [0.3, 0.4) is 0 Å². The summed E-state index contributed by atoms with van der Waals surface area (Å²) in [6.45, 7) is 2.36. The lowest BCUT2D eigenvalue weighted by Gasteiger charge is -2.34. The minimum absolute atomic E-state index is 0.199. The maximum absolute atomic E-state index is 11.8. The summed E-state index contributed by atoms with van der Waals surface area (Å²) in [7, 11) is -3.00. The molecule has 2 rings (SSSR count). The van der Waals surface area contributed by atoms with E-state index in [1.165, 1.54) is 0 Å². The minimum Gasteiger partial charge on any atom is -0.381 e. The number of hydrogen-bond donors (Lipinski definition) is 0. The zero-order chi connectivity index (χ0) is 9.31. The molecule has 0 aliphatic carbocycles. The van der Waals surface area contributed by atoms with E-state index in [2.05, 4.69) is 0 Å². The molecule has 0 atom stereocenters. The van der Waals surface area contributed by atoms with E-state index >= 15 is 0 Å². The summed E-state index contributed by atoms with van der Waals surface area (Å²) in [5.74, 6) is 0. The Morgan fingerprint density at radius 1 is 1.23 bits per heavy atom. The maximum Gasteiger partial charge on any atom is 0.217 e. The maximum atomic E-state index is 11.8. The summed E-state index contributed by atoms with van der Waals surface area (Å²) in [5, 5.41) is -0.199. The Labute approximate surface area is 78.9 Å². The summed E-state index contributed by atoms with van der Waals surface area (Å²) < 4.78 is 30.3. The summed E-state index contributed by atoms with van der Waals surface area (Å²) in [4.78, 5) is 0. The second kappa shape index (κ2) is 3.55. The number of rotatable bonds is 2. The van der Waals surface area contributed by atoms with Gasteiger partial charge in [0.25, 0.3) is 0 Å². The summed E-state index contributed by atoms with van der Waals surface area (Å²) in [6, 6.07) is 0. The topological polar surface area (TPSA) is 46.6 Å². The summed E-state index contributed by atoms with van der Waals surface area (Å²) >= 11 is 0. The van der Waals surface area contributed by atoms with Gasteiger partial charge in [0.05, 0.1) is 5.25 Å². The van der Waals surface area contributed by atoms with Crippen LogP contribution in [-0.2, 0) is 14.8 Å². The van der Waals surface area contributed by atoms with Gasteiger partial charge in [-0.05, 0) is 19.3 Å². The highest BCUT2D eigenvalue weighted by Crippen LogP contribution is 2.22. The van der Waals surface area contributed by atoms with Gasteiger partial charge in [-0.2, -0.15) is 0 Å². The molecular formula is C8H14NO3S. The van der Waals surface area contributed by atoms with E-state index in [-0.39, 0.29) is 5.25 Å².